The molecule has 1 amide bonds. The predicted octanol–water partition coefficient (Wildman–Crippen LogP) is 1.94. The zero-order valence-electron chi connectivity index (χ0n) is 17.5. The number of aromatic nitrogens is 2. The van der Waals surface area contributed by atoms with Gasteiger partial charge in [0.05, 0.1) is 12.1 Å². The van der Waals surface area contributed by atoms with Crippen molar-refractivity contribution in [2.75, 3.05) is 26.2 Å². The molecule has 1 aromatic heterocycles. The summed E-state index contributed by atoms with van der Waals surface area (Å²) in [6.07, 6.45) is 1.13. The molecule has 1 aromatic carbocycles. The maximum atomic E-state index is 12.9. The van der Waals surface area contributed by atoms with Crippen molar-refractivity contribution in [2.24, 2.45) is 4.99 Å². The molecular formula is C21H31FN6O. The third-order valence-corrected chi connectivity index (χ3v) is 4.26. The predicted molar refractivity (Wildman–Crippen MR) is 113 cm³/mol. The van der Waals surface area contributed by atoms with Crippen LogP contribution >= 0.6 is 0 Å². The number of amides is 1. The first-order valence-electron chi connectivity index (χ1n) is 10.0. The Hall–Kier alpha value is -2.90. The van der Waals surface area contributed by atoms with E-state index in [9.17, 15) is 9.18 Å². The molecule has 158 valence electrons. The number of halogens is 1. The van der Waals surface area contributed by atoms with E-state index in [0.29, 0.717) is 19.6 Å². The van der Waals surface area contributed by atoms with E-state index in [-0.39, 0.29) is 18.1 Å². The average molecular weight is 403 g/mol. The van der Waals surface area contributed by atoms with Crippen LogP contribution in [0.1, 0.15) is 30.3 Å². The van der Waals surface area contributed by atoms with Crippen molar-refractivity contribution in [3.63, 3.8) is 0 Å². The van der Waals surface area contributed by atoms with Gasteiger partial charge in [0, 0.05) is 38.4 Å². The first kappa shape index (κ1) is 22.4. The molecule has 0 unspecified atom stereocenters. The van der Waals surface area contributed by atoms with E-state index in [0.717, 1.165) is 42.4 Å². The second-order valence-corrected chi connectivity index (χ2v) is 6.84. The molecule has 0 aliphatic heterocycles. The highest BCUT2D eigenvalue weighted by atomic mass is 19.1. The molecule has 0 radical (unpaired) electrons. The van der Waals surface area contributed by atoms with Crippen LogP contribution in [0.3, 0.4) is 0 Å². The standard InChI is InChI=1S/C21H31FN6O/c1-4-23-21(25-10-5-13-28-17(3)14-16(2)27-28)26-12-11-24-20(29)15-18-6-8-19(22)9-7-18/h6-9,14H,4-5,10-13,15H2,1-3H3,(H,24,29)(H2,23,25,26). The number of aryl methyl sites for hydroxylation is 3. The van der Waals surface area contributed by atoms with Crippen molar-refractivity contribution < 1.29 is 9.18 Å². The van der Waals surface area contributed by atoms with E-state index < -0.39 is 0 Å². The van der Waals surface area contributed by atoms with Crippen molar-refractivity contribution >= 4 is 11.9 Å². The fourth-order valence-electron chi connectivity index (χ4n) is 2.89. The smallest absolute Gasteiger partial charge is 0.224 e. The number of nitrogens with zero attached hydrogens (tertiary/aromatic N) is 3. The molecule has 0 aliphatic rings. The molecule has 0 spiro atoms. The normalized spacial score (nSPS) is 11.4. The van der Waals surface area contributed by atoms with Crippen molar-refractivity contribution in [3.8, 4) is 0 Å². The fourth-order valence-corrected chi connectivity index (χ4v) is 2.89. The minimum atomic E-state index is -0.302. The van der Waals surface area contributed by atoms with Crippen molar-refractivity contribution in [3.05, 3.63) is 53.1 Å². The number of benzene rings is 1. The van der Waals surface area contributed by atoms with Crippen LogP contribution in [0.15, 0.2) is 35.3 Å². The first-order valence-corrected chi connectivity index (χ1v) is 10.0. The summed E-state index contributed by atoms with van der Waals surface area (Å²) in [6, 6.07) is 8.03. The molecule has 1 heterocycles. The van der Waals surface area contributed by atoms with Crippen molar-refractivity contribution in [1.82, 2.24) is 25.7 Å². The molecule has 2 aromatic rings. The first-order chi connectivity index (χ1) is 14.0. The summed E-state index contributed by atoms with van der Waals surface area (Å²) in [6.45, 7) is 9.39. The summed E-state index contributed by atoms with van der Waals surface area (Å²) in [7, 11) is 0. The van der Waals surface area contributed by atoms with E-state index >= 15 is 0 Å². The zero-order valence-corrected chi connectivity index (χ0v) is 17.5. The van der Waals surface area contributed by atoms with E-state index in [2.05, 4.69) is 39.0 Å². The lowest BCUT2D eigenvalue weighted by Gasteiger charge is -2.12. The third kappa shape index (κ3) is 8.33. The van der Waals surface area contributed by atoms with Crippen LogP contribution in [0, 0.1) is 19.7 Å². The van der Waals surface area contributed by atoms with E-state index in [4.69, 9.17) is 0 Å². The summed E-state index contributed by atoms with van der Waals surface area (Å²) in [4.78, 5) is 16.5. The second-order valence-electron chi connectivity index (χ2n) is 6.84. The summed E-state index contributed by atoms with van der Waals surface area (Å²) >= 11 is 0. The molecule has 3 N–H and O–H groups in total. The highest BCUT2D eigenvalue weighted by Gasteiger charge is 2.04. The summed E-state index contributed by atoms with van der Waals surface area (Å²) < 4.78 is 14.9. The summed E-state index contributed by atoms with van der Waals surface area (Å²) in [5, 5.41) is 13.7. The average Bonchev–Trinajstić information content (AvgIpc) is 3.01. The molecule has 0 aliphatic carbocycles. The molecule has 0 bridgehead atoms. The number of carbonyl (C=O) groups is 1. The Kier molecular flexibility index (Phi) is 9.14. The number of carbonyl (C=O) groups excluding carboxylic acids is 1. The Morgan fingerprint density at radius 1 is 1.14 bits per heavy atom. The molecule has 0 atom stereocenters. The highest BCUT2D eigenvalue weighted by molar-refractivity contribution is 5.80. The van der Waals surface area contributed by atoms with Crippen LogP contribution in [0.2, 0.25) is 0 Å². The number of nitrogens with one attached hydrogen (secondary N) is 3. The Morgan fingerprint density at radius 2 is 1.86 bits per heavy atom. The minimum absolute atomic E-state index is 0.0924. The lowest BCUT2D eigenvalue weighted by atomic mass is 10.1. The quantitative estimate of drug-likeness (QED) is 0.322. The van der Waals surface area contributed by atoms with Gasteiger partial charge in [0.15, 0.2) is 5.96 Å². The molecular weight excluding hydrogens is 371 g/mol. The van der Waals surface area contributed by atoms with Crippen LogP contribution in [0.5, 0.6) is 0 Å². The van der Waals surface area contributed by atoms with E-state index in [1.165, 1.54) is 12.1 Å². The van der Waals surface area contributed by atoms with Gasteiger partial charge in [-0.2, -0.15) is 5.10 Å². The number of hydrogen-bond acceptors (Lipinski definition) is 3. The van der Waals surface area contributed by atoms with Gasteiger partial charge in [-0.3, -0.25) is 14.5 Å². The van der Waals surface area contributed by atoms with Gasteiger partial charge in [-0.25, -0.2) is 4.39 Å². The van der Waals surface area contributed by atoms with Crippen molar-refractivity contribution in [1.29, 1.82) is 0 Å². The largest absolute Gasteiger partial charge is 0.357 e. The van der Waals surface area contributed by atoms with Gasteiger partial charge >= 0.3 is 0 Å². The van der Waals surface area contributed by atoms with Crippen LogP contribution < -0.4 is 16.0 Å². The van der Waals surface area contributed by atoms with Gasteiger partial charge in [0.2, 0.25) is 5.91 Å². The van der Waals surface area contributed by atoms with Gasteiger partial charge in [-0.05, 0) is 51.0 Å². The molecule has 0 saturated carbocycles. The third-order valence-electron chi connectivity index (χ3n) is 4.26. The van der Waals surface area contributed by atoms with Gasteiger partial charge in [0.1, 0.15) is 5.82 Å². The van der Waals surface area contributed by atoms with Crippen molar-refractivity contribution in [2.45, 2.75) is 40.2 Å². The zero-order chi connectivity index (χ0) is 21.1. The minimum Gasteiger partial charge on any atom is -0.357 e. The Balaban J connectivity index is 1.67. The molecule has 7 nitrogen and oxygen atoms in total. The number of rotatable bonds is 10. The summed E-state index contributed by atoms with van der Waals surface area (Å²) in [5.41, 5.74) is 2.98. The lowest BCUT2D eigenvalue weighted by Crippen LogP contribution is -2.41. The van der Waals surface area contributed by atoms with Crippen LogP contribution in [-0.2, 0) is 17.8 Å². The summed E-state index contributed by atoms with van der Waals surface area (Å²) in [5.74, 6) is 0.336. The maximum Gasteiger partial charge on any atom is 0.224 e. The van der Waals surface area contributed by atoms with Gasteiger partial charge < -0.3 is 16.0 Å². The number of guanidine groups is 1. The fraction of sp³-hybridized carbons (Fsp3) is 0.476. The Bertz CT molecular complexity index is 800. The molecule has 29 heavy (non-hydrogen) atoms. The Morgan fingerprint density at radius 3 is 2.52 bits per heavy atom. The van der Waals surface area contributed by atoms with Gasteiger partial charge in [-0.15, -0.1) is 0 Å². The Labute approximate surface area is 171 Å². The van der Waals surface area contributed by atoms with Gasteiger partial charge in [-0.1, -0.05) is 12.1 Å². The molecule has 0 fully saturated rings. The number of hydrogen-bond donors (Lipinski definition) is 3. The monoisotopic (exact) mass is 402 g/mol. The molecule has 2 rings (SSSR count). The van der Waals surface area contributed by atoms with Crippen LogP contribution in [-0.4, -0.2) is 47.8 Å². The van der Waals surface area contributed by atoms with E-state index in [1.807, 2.05) is 18.5 Å². The van der Waals surface area contributed by atoms with Crippen LogP contribution in [0.25, 0.3) is 0 Å². The molecule has 0 saturated heterocycles. The second kappa shape index (κ2) is 11.8. The van der Waals surface area contributed by atoms with Gasteiger partial charge in [0.25, 0.3) is 0 Å². The maximum absolute atomic E-state index is 12.9. The number of aliphatic imine (C=N–C) groups is 1. The van der Waals surface area contributed by atoms with Crippen LogP contribution in [0.4, 0.5) is 4.39 Å². The lowest BCUT2D eigenvalue weighted by molar-refractivity contribution is -0.120. The molecule has 8 heteroatoms. The SMILES string of the molecule is CCNC(=NCCCn1nc(C)cc1C)NCCNC(=O)Cc1ccc(F)cc1. The highest BCUT2D eigenvalue weighted by Crippen LogP contribution is 2.03. The van der Waals surface area contributed by atoms with E-state index in [1.54, 1.807) is 12.1 Å². The topological polar surface area (TPSA) is 83.3 Å².